The van der Waals surface area contributed by atoms with Crippen molar-refractivity contribution in [2.24, 2.45) is 5.41 Å². The van der Waals surface area contributed by atoms with Crippen molar-refractivity contribution in [1.82, 2.24) is 49.8 Å². The van der Waals surface area contributed by atoms with Gasteiger partial charge in [-0.25, -0.2) is 15.0 Å². The Kier molecular flexibility index (Phi) is 16.0. The summed E-state index contributed by atoms with van der Waals surface area (Å²) in [6, 6.07) is 12.0. The first-order valence-electron chi connectivity index (χ1n) is 24.5. The number of ether oxygens (including phenoxy) is 1. The number of benzene rings is 1. The molecule has 0 unspecified atom stereocenters. The predicted molar refractivity (Wildman–Crippen MR) is 271 cm³/mol. The molecular formula is C51H66N12O7S. The van der Waals surface area contributed by atoms with Gasteiger partial charge in [0.05, 0.1) is 53.7 Å². The summed E-state index contributed by atoms with van der Waals surface area (Å²) in [5.41, 5.74) is 6.28. The molecule has 20 heteroatoms. The highest BCUT2D eigenvalue weighted by Crippen LogP contribution is 2.35. The minimum absolute atomic E-state index is 0.0215. The number of piperazine rings is 1. The second kappa shape index (κ2) is 22.3. The van der Waals surface area contributed by atoms with Crippen molar-refractivity contribution in [3.8, 4) is 10.4 Å². The first-order valence-corrected chi connectivity index (χ1v) is 25.4. The number of aryl methyl sites for hydroxylation is 1. The minimum Gasteiger partial charge on any atom is -0.391 e. The zero-order chi connectivity index (χ0) is 50.4. The van der Waals surface area contributed by atoms with Crippen molar-refractivity contribution in [1.29, 1.82) is 0 Å². The molecule has 0 bridgehead atoms. The summed E-state index contributed by atoms with van der Waals surface area (Å²) in [7, 11) is 3.51. The fourth-order valence-corrected chi connectivity index (χ4v) is 10.4. The number of hydrogen-bond acceptors (Lipinski definition) is 14. The summed E-state index contributed by atoms with van der Waals surface area (Å²) >= 11 is 1.57. The number of carbonyl (C=O) groups is 5. The van der Waals surface area contributed by atoms with Crippen LogP contribution >= 0.6 is 11.3 Å². The average molecular weight is 991 g/mol. The van der Waals surface area contributed by atoms with Gasteiger partial charge in [0, 0.05) is 83.8 Å². The van der Waals surface area contributed by atoms with Gasteiger partial charge >= 0.3 is 0 Å². The number of rotatable bonds is 17. The summed E-state index contributed by atoms with van der Waals surface area (Å²) in [6.45, 7) is 10.2. The van der Waals surface area contributed by atoms with Gasteiger partial charge in [0.2, 0.25) is 29.6 Å². The van der Waals surface area contributed by atoms with Gasteiger partial charge in [0.1, 0.15) is 29.2 Å². The van der Waals surface area contributed by atoms with Crippen LogP contribution in [0.15, 0.2) is 60.4 Å². The first kappa shape index (κ1) is 50.9. The van der Waals surface area contributed by atoms with Crippen LogP contribution in [-0.2, 0) is 30.5 Å². The number of pyridine rings is 1. The van der Waals surface area contributed by atoms with Gasteiger partial charge in [-0.1, -0.05) is 57.9 Å². The van der Waals surface area contributed by atoms with Gasteiger partial charge in [-0.15, -0.1) is 11.3 Å². The molecular weight excluding hydrogens is 925 g/mol. The fraction of sp³-hybridized carbons (Fsp3) is 0.510. The lowest BCUT2D eigenvalue weighted by Crippen LogP contribution is -2.57. The topological polar surface area (TPSA) is 220 Å². The summed E-state index contributed by atoms with van der Waals surface area (Å²) in [6.07, 6.45) is 7.14. The fourth-order valence-electron chi connectivity index (χ4n) is 9.57. The van der Waals surface area contributed by atoms with Gasteiger partial charge < -0.3 is 50.0 Å². The molecule has 1 aliphatic carbocycles. The Balaban J connectivity index is 0.752. The summed E-state index contributed by atoms with van der Waals surface area (Å²) in [5, 5.41) is 20.4. The Morgan fingerprint density at radius 3 is 2.32 bits per heavy atom. The molecule has 0 radical (unpaired) electrons. The Morgan fingerprint density at radius 1 is 0.930 bits per heavy atom. The zero-order valence-electron chi connectivity index (χ0n) is 41.5. The number of aliphatic hydroxyl groups is 1. The smallest absolute Gasteiger partial charge is 0.270 e. The third kappa shape index (κ3) is 12.2. The van der Waals surface area contributed by atoms with Crippen molar-refractivity contribution in [2.75, 3.05) is 70.2 Å². The van der Waals surface area contributed by atoms with Crippen LogP contribution in [0.25, 0.3) is 21.5 Å². The Morgan fingerprint density at radius 2 is 1.66 bits per heavy atom. The summed E-state index contributed by atoms with van der Waals surface area (Å²) < 4.78 is 7.80. The molecule has 1 saturated carbocycles. The van der Waals surface area contributed by atoms with Crippen LogP contribution in [0.2, 0.25) is 0 Å². The molecule has 0 spiro atoms. The molecule has 3 atom stereocenters. The highest BCUT2D eigenvalue weighted by Gasteiger charge is 2.44. The Labute approximate surface area is 418 Å². The van der Waals surface area contributed by atoms with E-state index in [9.17, 15) is 29.1 Å². The minimum atomic E-state index is -0.962. The lowest BCUT2D eigenvalue weighted by Gasteiger charge is -2.36. The second-order valence-electron chi connectivity index (χ2n) is 20.0. The first-order chi connectivity index (χ1) is 34.0. The van der Waals surface area contributed by atoms with Crippen LogP contribution in [0.3, 0.4) is 0 Å². The van der Waals surface area contributed by atoms with Crippen molar-refractivity contribution in [3.05, 3.63) is 77.3 Å². The van der Waals surface area contributed by atoms with E-state index in [1.54, 1.807) is 42.7 Å². The van der Waals surface area contributed by atoms with E-state index in [-0.39, 0.29) is 69.3 Å². The molecule has 71 heavy (non-hydrogen) atoms. The van der Waals surface area contributed by atoms with E-state index in [0.29, 0.717) is 43.6 Å². The van der Waals surface area contributed by atoms with Crippen molar-refractivity contribution in [2.45, 2.75) is 103 Å². The molecule has 6 heterocycles. The highest BCUT2D eigenvalue weighted by atomic mass is 32.1. The van der Waals surface area contributed by atoms with E-state index >= 15 is 0 Å². The van der Waals surface area contributed by atoms with Crippen LogP contribution in [0, 0.1) is 12.3 Å². The third-order valence-corrected chi connectivity index (χ3v) is 14.5. The van der Waals surface area contributed by atoms with Crippen LogP contribution < -0.4 is 20.9 Å². The largest absolute Gasteiger partial charge is 0.391 e. The number of carbonyl (C=O) groups excluding carboxylic acids is 5. The van der Waals surface area contributed by atoms with Gasteiger partial charge in [-0.2, -0.15) is 4.98 Å². The molecule has 4 aromatic heterocycles. The molecule has 5 aromatic rings. The molecule has 3 fully saturated rings. The molecule has 8 rings (SSSR count). The number of β-amino-alcohol motifs (C(OH)–C–C–N with tert-alkyl or cyclic N) is 1. The zero-order valence-corrected chi connectivity index (χ0v) is 42.3. The average Bonchev–Trinajstić information content (AvgIpc) is 4.19. The number of aromatic nitrogens is 5. The quantitative estimate of drug-likeness (QED) is 0.0896. The van der Waals surface area contributed by atoms with E-state index in [1.807, 2.05) is 80.6 Å². The molecule has 1 aromatic carbocycles. The molecule has 5 amide bonds. The van der Waals surface area contributed by atoms with Gasteiger partial charge in [0.25, 0.3) is 5.91 Å². The molecule has 2 aliphatic heterocycles. The number of thiazole rings is 1. The number of fused-ring (bicyclic) bond motifs is 1. The highest BCUT2D eigenvalue weighted by molar-refractivity contribution is 7.13. The maximum Gasteiger partial charge on any atom is 0.270 e. The number of anilines is 3. The van der Waals surface area contributed by atoms with Crippen molar-refractivity contribution < 1.29 is 33.8 Å². The molecule has 19 nitrogen and oxygen atoms in total. The lowest BCUT2D eigenvalue weighted by molar-refractivity contribution is -0.144. The molecule has 4 N–H and O–H groups in total. The van der Waals surface area contributed by atoms with Gasteiger partial charge in [-0.05, 0) is 54.5 Å². The normalized spacial score (nSPS) is 17.9. The number of hydrogen-bond donors (Lipinski definition) is 4. The van der Waals surface area contributed by atoms with E-state index in [1.165, 1.54) is 4.90 Å². The molecule has 3 aliphatic rings. The Bertz CT molecular complexity index is 2690. The predicted octanol–water partition coefficient (Wildman–Crippen LogP) is 5.07. The maximum absolute atomic E-state index is 14.0. The monoisotopic (exact) mass is 990 g/mol. The standard InChI is InChI=1S/C51H66N12O7S/c1-32-44(71-31-55-32)34-13-11-33(12-14-34)27-53-47(67)39-26-38(64)30-62(39)49(69)45(51(2,3)4)57-42(65)17-23-70-24-18-43(66)61-21-19-60(20-22-61)37-15-16-41(52-29-37)56-50-54-28-35-25-40(48(68)59(5)6)63(46(35)58-50)36-9-7-8-10-36/h11-16,25,28-29,31,36,38-39,45,64H,7-10,17-24,26-27,30H2,1-6H3,(H,53,67)(H,57,65)(H,52,54,56,58)/t38-,39+,45-/m1/s1. The number of aliphatic hydroxyl groups excluding tert-OH is 1. The number of likely N-dealkylation sites (tertiary alicyclic amines) is 1. The van der Waals surface area contributed by atoms with Crippen LogP contribution in [0.5, 0.6) is 0 Å². The maximum atomic E-state index is 14.0. The second-order valence-corrected chi connectivity index (χ2v) is 20.8. The van der Waals surface area contributed by atoms with Crippen LogP contribution in [0.1, 0.15) is 93.5 Å². The SMILES string of the molecule is Cc1ncsc1-c1ccc(CNC(=O)[C@@H]2C[C@@H](O)CN2C(=O)[C@@H](NC(=O)CCOCCC(=O)N2CCN(c3ccc(Nc4ncc5cc(C(=O)N(C)C)n(C6CCCC6)c5n4)nc3)CC2)C(C)(C)C)cc1. The molecule has 378 valence electrons. The van der Waals surface area contributed by atoms with Crippen molar-refractivity contribution in [3.63, 3.8) is 0 Å². The lowest BCUT2D eigenvalue weighted by atomic mass is 9.85. The van der Waals surface area contributed by atoms with E-state index in [4.69, 9.17) is 9.72 Å². The van der Waals surface area contributed by atoms with Crippen LogP contribution in [-0.4, -0.2) is 152 Å². The number of amides is 5. The Hall–Kier alpha value is -6.51. The van der Waals surface area contributed by atoms with Crippen molar-refractivity contribution >= 4 is 69.4 Å². The summed E-state index contributed by atoms with van der Waals surface area (Å²) in [5.74, 6) is -0.328. The molecule has 2 saturated heterocycles. The summed E-state index contributed by atoms with van der Waals surface area (Å²) in [4.78, 5) is 93.3. The van der Waals surface area contributed by atoms with E-state index in [0.717, 1.165) is 64.1 Å². The van der Waals surface area contributed by atoms with E-state index < -0.39 is 35.4 Å². The van der Waals surface area contributed by atoms with E-state index in [2.05, 4.69) is 40.4 Å². The van der Waals surface area contributed by atoms with Gasteiger partial charge in [-0.3, -0.25) is 24.0 Å². The number of nitrogens with one attached hydrogen (secondary N) is 3. The van der Waals surface area contributed by atoms with Crippen LogP contribution in [0.4, 0.5) is 17.5 Å². The van der Waals surface area contributed by atoms with Gasteiger partial charge in [0.15, 0.2) is 0 Å². The number of nitrogens with zero attached hydrogens (tertiary/aromatic N) is 9. The third-order valence-electron chi connectivity index (χ3n) is 13.5.